The fraction of sp³-hybridized carbons (Fsp3) is 0. The number of hydrogen-bond acceptors (Lipinski definition) is 2. The van der Waals surface area contributed by atoms with Gasteiger partial charge in [0.1, 0.15) is 57.0 Å². The molecule has 8 aromatic rings. The molecule has 54 heavy (non-hydrogen) atoms. The third-order valence-corrected chi connectivity index (χ3v) is 18.9. The molecular weight excluding hydrogens is 691 g/mol. The van der Waals surface area contributed by atoms with Gasteiger partial charge in [-0.05, 0) is 132 Å². The summed E-state index contributed by atoms with van der Waals surface area (Å²) in [6, 6.07) is 82.9. The molecule has 4 N–H and O–H groups in total. The third kappa shape index (κ3) is 6.25. The van der Waals surface area contributed by atoms with E-state index in [1.807, 2.05) is 0 Å². The van der Waals surface area contributed by atoms with E-state index in [0.717, 1.165) is 11.1 Å². The minimum absolute atomic E-state index is 0.563. The van der Waals surface area contributed by atoms with Crippen molar-refractivity contribution in [1.82, 2.24) is 0 Å². The normalized spacial score (nSPS) is 12.1. The van der Waals surface area contributed by atoms with Crippen LogP contribution >= 0.6 is 14.5 Å². The summed E-state index contributed by atoms with van der Waals surface area (Å²) in [5.74, 6) is 0. The molecule has 0 aromatic heterocycles. The molecule has 0 radical (unpaired) electrons. The van der Waals surface area contributed by atoms with Gasteiger partial charge < -0.3 is 11.5 Å². The first-order valence-electron chi connectivity index (χ1n) is 18.2. The predicted octanol–water partition coefficient (Wildman–Crippen LogP) is 7.67. The standard InChI is InChI=1S/C50H42N2P2/c51-49(39-31-35-47(36-32-39)53(41-19-7-1-8-20-41,42-21-9-2-10-22-42)43-23-11-3-12-24-43)50(52)40-33-37-48(38-34-40)54(44-25-13-4-14-26-44,45-27-15-5-16-28-45)46-29-17-6-18-30-46/h1-38H,51-52H2/q+2/b50-49+. The highest BCUT2D eigenvalue weighted by atomic mass is 31.2. The van der Waals surface area contributed by atoms with Gasteiger partial charge in [0.05, 0.1) is 11.4 Å². The van der Waals surface area contributed by atoms with Crippen molar-refractivity contribution in [3.8, 4) is 0 Å². The van der Waals surface area contributed by atoms with Crippen LogP contribution < -0.4 is 53.9 Å². The second-order valence-electron chi connectivity index (χ2n) is 13.3. The quantitative estimate of drug-likeness (QED) is 0.112. The lowest BCUT2D eigenvalue weighted by Gasteiger charge is -2.28. The van der Waals surface area contributed by atoms with Crippen LogP contribution in [0.4, 0.5) is 0 Å². The Bertz CT molecular complexity index is 2080. The third-order valence-electron chi connectivity index (χ3n) is 10.3. The van der Waals surface area contributed by atoms with E-state index in [1.165, 1.54) is 42.4 Å². The topological polar surface area (TPSA) is 52.0 Å². The van der Waals surface area contributed by atoms with Crippen molar-refractivity contribution in [3.05, 3.63) is 242 Å². The van der Waals surface area contributed by atoms with Gasteiger partial charge in [-0.2, -0.15) is 0 Å². The maximum Gasteiger partial charge on any atom is 0.144 e. The summed E-state index contributed by atoms with van der Waals surface area (Å²) in [7, 11) is -4.44. The molecule has 0 saturated heterocycles. The van der Waals surface area contributed by atoms with Crippen molar-refractivity contribution >= 4 is 68.4 Å². The zero-order valence-corrected chi connectivity index (χ0v) is 31.8. The Balaban J connectivity index is 1.21. The Morgan fingerprint density at radius 3 is 0.574 bits per heavy atom. The molecule has 2 nitrogen and oxygen atoms in total. The lowest BCUT2D eigenvalue weighted by Crippen LogP contribution is -2.38. The molecule has 0 atom stereocenters. The molecule has 0 unspecified atom stereocenters. The van der Waals surface area contributed by atoms with Crippen LogP contribution in [0.2, 0.25) is 0 Å². The zero-order chi connectivity index (χ0) is 36.8. The second-order valence-corrected chi connectivity index (χ2v) is 20.1. The van der Waals surface area contributed by atoms with Gasteiger partial charge in [-0.15, -0.1) is 0 Å². The first-order valence-corrected chi connectivity index (χ1v) is 21.8. The minimum Gasteiger partial charge on any atom is -0.397 e. The van der Waals surface area contributed by atoms with Gasteiger partial charge in [0.25, 0.3) is 0 Å². The summed E-state index contributed by atoms with van der Waals surface area (Å²) in [4.78, 5) is 0. The van der Waals surface area contributed by atoms with Gasteiger partial charge in [-0.25, -0.2) is 0 Å². The second kappa shape index (κ2) is 15.5. The average Bonchev–Trinajstić information content (AvgIpc) is 3.26. The molecular formula is C50H42N2P2+2. The molecule has 0 aliphatic carbocycles. The zero-order valence-electron chi connectivity index (χ0n) is 30.0. The highest BCUT2D eigenvalue weighted by Gasteiger charge is 2.49. The molecule has 0 fully saturated rings. The Morgan fingerprint density at radius 2 is 0.389 bits per heavy atom. The lowest BCUT2D eigenvalue weighted by molar-refractivity contribution is 1.45. The minimum atomic E-state index is -2.22. The average molecular weight is 733 g/mol. The van der Waals surface area contributed by atoms with Gasteiger partial charge in [0.15, 0.2) is 0 Å². The van der Waals surface area contributed by atoms with E-state index in [-0.39, 0.29) is 0 Å². The van der Waals surface area contributed by atoms with Gasteiger partial charge in [-0.3, -0.25) is 0 Å². The van der Waals surface area contributed by atoms with Crippen LogP contribution in [-0.4, -0.2) is 0 Å². The summed E-state index contributed by atoms with van der Waals surface area (Å²) in [5, 5.41) is 10.3. The molecule has 260 valence electrons. The van der Waals surface area contributed by atoms with Crippen molar-refractivity contribution in [2.24, 2.45) is 11.5 Å². The monoisotopic (exact) mass is 732 g/mol. The van der Waals surface area contributed by atoms with Crippen LogP contribution in [0.1, 0.15) is 11.1 Å². The first-order chi connectivity index (χ1) is 26.6. The molecule has 8 rings (SSSR count). The van der Waals surface area contributed by atoms with Gasteiger partial charge in [0.2, 0.25) is 0 Å². The molecule has 4 heteroatoms. The molecule has 0 amide bonds. The first kappa shape index (κ1) is 35.0. The van der Waals surface area contributed by atoms with Crippen LogP contribution in [0.5, 0.6) is 0 Å². The van der Waals surface area contributed by atoms with Gasteiger partial charge in [-0.1, -0.05) is 109 Å². The molecule has 8 aromatic carbocycles. The number of nitrogens with two attached hydrogens (primary N) is 2. The Labute approximate surface area is 320 Å². The van der Waals surface area contributed by atoms with Crippen molar-refractivity contribution in [2.45, 2.75) is 0 Å². The summed E-state index contributed by atoms with van der Waals surface area (Å²) in [5.41, 5.74) is 16.8. The van der Waals surface area contributed by atoms with E-state index < -0.39 is 14.5 Å². The van der Waals surface area contributed by atoms with Crippen LogP contribution in [-0.2, 0) is 0 Å². The number of rotatable bonds is 10. The molecule has 0 spiro atoms. The molecule has 0 aliphatic rings. The number of benzene rings is 8. The number of hydrogen-bond donors (Lipinski definition) is 2. The molecule has 0 bridgehead atoms. The smallest absolute Gasteiger partial charge is 0.144 e. The van der Waals surface area contributed by atoms with Crippen LogP contribution in [0.25, 0.3) is 11.4 Å². The fourth-order valence-corrected chi connectivity index (χ4v) is 16.2. The van der Waals surface area contributed by atoms with Crippen LogP contribution in [0.3, 0.4) is 0 Å². The lowest BCUT2D eigenvalue weighted by atomic mass is 10.1. The van der Waals surface area contributed by atoms with Gasteiger partial charge >= 0.3 is 0 Å². The van der Waals surface area contributed by atoms with Crippen molar-refractivity contribution in [1.29, 1.82) is 0 Å². The van der Waals surface area contributed by atoms with Crippen molar-refractivity contribution in [3.63, 3.8) is 0 Å². The van der Waals surface area contributed by atoms with E-state index in [0.29, 0.717) is 11.4 Å². The highest BCUT2D eigenvalue weighted by molar-refractivity contribution is 8.02. The summed E-state index contributed by atoms with van der Waals surface area (Å²) >= 11 is 0. The summed E-state index contributed by atoms with van der Waals surface area (Å²) in [6.45, 7) is 0. The molecule has 0 saturated carbocycles. The van der Waals surface area contributed by atoms with E-state index >= 15 is 0 Å². The summed E-state index contributed by atoms with van der Waals surface area (Å²) < 4.78 is 0. The fourth-order valence-electron chi connectivity index (χ4n) is 7.74. The van der Waals surface area contributed by atoms with E-state index in [4.69, 9.17) is 11.5 Å². The highest BCUT2D eigenvalue weighted by Crippen LogP contribution is 2.55. The SMILES string of the molecule is N/C(=C(/N)c1ccc([P+](c2ccccc2)(c2ccccc2)c2ccccc2)cc1)c1ccc([P+](c2ccccc2)(c2ccccc2)c2ccccc2)cc1. The maximum absolute atomic E-state index is 6.93. The summed E-state index contributed by atoms with van der Waals surface area (Å²) in [6.07, 6.45) is 0. The maximum atomic E-state index is 6.93. The van der Waals surface area contributed by atoms with Gasteiger partial charge in [0, 0.05) is 0 Å². The molecule has 0 aliphatic heterocycles. The predicted molar refractivity (Wildman–Crippen MR) is 238 cm³/mol. The Morgan fingerprint density at radius 1 is 0.222 bits per heavy atom. The molecule has 0 heterocycles. The largest absolute Gasteiger partial charge is 0.397 e. The van der Waals surface area contributed by atoms with E-state index in [1.54, 1.807) is 0 Å². The van der Waals surface area contributed by atoms with Crippen molar-refractivity contribution in [2.75, 3.05) is 0 Å². The van der Waals surface area contributed by atoms with Crippen molar-refractivity contribution < 1.29 is 0 Å². The Kier molecular flexibility index (Phi) is 10.1. The Hall–Kier alpha value is -6.04. The van der Waals surface area contributed by atoms with E-state index in [2.05, 4.69) is 231 Å². The van der Waals surface area contributed by atoms with E-state index in [9.17, 15) is 0 Å². The van der Waals surface area contributed by atoms with Crippen LogP contribution in [0.15, 0.2) is 231 Å². The van der Waals surface area contributed by atoms with Crippen LogP contribution in [0, 0.1) is 0 Å².